The number of halogens is 1. The second-order valence-electron chi connectivity index (χ2n) is 3.73. The van der Waals surface area contributed by atoms with Crippen LogP contribution in [0.5, 0.6) is 0 Å². The molecule has 70 valence electrons. The van der Waals surface area contributed by atoms with Crippen LogP contribution >= 0.6 is 15.9 Å². The van der Waals surface area contributed by atoms with Gasteiger partial charge in [0.05, 0.1) is 4.32 Å². The number of hydrogen-bond donors (Lipinski definition) is 1. The van der Waals surface area contributed by atoms with Gasteiger partial charge in [-0.2, -0.15) is 0 Å². The summed E-state index contributed by atoms with van der Waals surface area (Å²) in [6, 6.07) is 0. The summed E-state index contributed by atoms with van der Waals surface area (Å²) in [7, 11) is 0. The summed E-state index contributed by atoms with van der Waals surface area (Å²) in [5.41, 5.74) is -1.33. The molecule has 0 spiro atoms. The second kappa shape index (κ2) is 3.17. The van der Waals surface area contributed by atoms with E-state index in [1.807, 2.05) is 0 Å². The Labute approximate surface area is 80.3 Å². The van der Waals surface area contributed by atoms with Crippen LogP contribution in [-0.2, 0) is 9.59 Å². The van der Waals surface area contributed by atoms with Crippen molar-refractivity contribution in [1.82, 2.24) is 0 Å². The summed E-state index contributed by atoms with van der Waals surface area (Å²) in [5, 5.41) is 8.73. The summed E-state index contributed by atoms with van der Waals surface area (Å²) in [6.07, 6.45) is 0. The SMILES string of the molecule is CC(C)(Br)C(=O)C(C)(C)C(=O)O. The third kappa shape index (κ3) is 2.30. The molecule has 0 aliphatic carbocycles. The Morgan fingerprint density at radius 3 is 1.58 bits per heavy atom. The van der Waals surface area contributed by atoms with Crippen LogP contribution in [-0.4, -0.2) is 21.2 Å². The average molecular weight is 237 g/mol. The van der Waals surface area contributed by atoms with Crippen molar-refractivity contribution in [1.29, 1.82) is 0 Å². The third-order valence-corrected chi connectivity index (χ3v) is 2.00. The zero-order valence-corrected chi connectivity index (χ0v) is 9.23. The first-order valence-electron chi connectivity index (χ1n) is 3.57. The van der Waals surface area contributed by atoms with Crippen LogP contribution < -0.4 is 0 Å². The fourth-order valence-electron chi connectivity index (χ4n) is 0.840. The van der Waals surface area contributed by atoms with E-state index >= 15 is 0 Å². The predicted molar refractivity (Wildman–Crippen MR) is 49.4 cm³/mol. The van der Waals surface area contributed by atoms with Gasteiger partial charge in [-0.25, -0.2) is 0 Å². The first-order chi connectivity index (χ1) is 5.10. The van der Waals surface area contributed by atoms with Crippen molar-refractivity contribution in [3.05, 3.63) is 0 Å². The van der Waals surface area contributed by atoms with Gasteiger partial charge in [0.2, 0.25) is 0 Å². The highest BCUT2D eigenvalue weighted by molar-refractivity contribution is 9.10. The van der Waals surface area contributed by atoms with Gasteiger partial charge in [-0.05, 0) is 27.7 Å². The van der Waals surface area contributed by atoms with Crippen LogP contribution in [0.4, 0.5) is 0 Å². The van der Waals surface area contributed by atoms with Crippen LogP contribution in [0, 0.1) is 5.41 Å². The van der Waals surface area contributed by atoms with Crippen molar-refractivity contribution in [2.45, 2.75) is 32.0 Å². The van der Waals surface area contributed by atoms with Gasteiger partial charge in [0, 0.05) is 0 Å². The number of carbonyl (C=O) groups excluding carboxylic acids is 1. The smallest absolute Gasteiger partial charge is 0.316 e. The summed E-state index contributed by atoms with van der Waals surface area (Å²) in [5.74, 6) is -1.43. The Bertz CT molecular complexity index is 213. The van der Waals surface area contributed by atoms with Crippen molar-refractivity contribution in [3.63, 3.8) is 0 Å². The number of carbonyl (C=O) groups is 2. The van der Waals surface area contributed by atoms with Gasteiger partial charge in [0.1, 0.15) is 5.41 Å². The molecular weight excluding hydrogens is 224 g/mol. The van der Waals surface area contributed by atoms with Crippen LogP contribution in [0.1, 0.15) is 27.7 Å². The average Bonchev–Trinajstić information content (AvgIpc) is 1.83. The van der Waals surface area contributed by atoms with E-state index in [-0.39, 0.29) is 5.78 Å². The fourth-order valence-corrected chi connectivity index (χ4v) is 1.34. The third-order valence-electron chi connectivity index (χ3n) is 1.64. The molecule has 0 aromatic heterocycles. The van der Waals surface area contributed by atoms with Crippen molar-refractivity contribution in [2.75, 3.05) is 0 Å². The number of carboxylic acid groups (broad SMARTS) is 1. The Kier molecular flexibility index (Phi) is 3.07. The molecule has 0 aromatic carbocycles. The van der Waals surface area contributed by atoms with E-state index in [1.165, 1.54) is 13.8 Å². The fraction of sp³-hybridized carbons (Fsp3) is 0.750. The lowest BCUT2D eigenvalue weighted by Crippen LogP contribution is -2.42. The normalized spacial score (nSPS) is 12.8. The minimum Gasteiger partial charge on any atom is -0.481 e. The Balaban J connectivity index is 4.83. The zero-order valence-electron chi connectivity index (χ0n) is 7.64. The molecule has 3 nitrogen and oxygen atoms in total. The monoisotopic (exact) mass is 236 g/mol. The number of carboxylic acids is 1. The van der Waals surface area contributed by atoms with Crippen LogP contribution in [0.25, 0.3) is 0 Å². The highest BCUT2D eigenvalue weighted by Crippen LogP contribution is 2.29. The summed E-state index contributed by atoms with van der Waals surface area (Å²) in [6.45, 7) is 6.08. The van der Waals surface area contributed by atoms with E-state index in [9.17, 15) is 9.59 Å². The second-order valence-corrected chi connectivity index (χ2v) is 5.71. The molecular formula is C8H13BrO3. The van der Waals surface area contributed by atoms with Crippen molar-refractivity contribution >= 4 is 27.7 Å². The highest BCUT2D eigenvalue weighted by atomic mass is 79.9. The molecule has 0 rings (SSSR count). The number of hydrogen-bond acceptors (Lipinski definition) is 2. The molecule has 0 saturated heterocycles. The van der Waals surface area contributed by atoms with E-state index in [0.717, 1.165) is 0 Å². The molecule has 4 heteroatoms. The number of rotatable bonds is 3. The van der Waals surface area contributed by atoms with Crippen molar-refractivity contribution in [2.24, 2.45) is 5.41 Å². The zero-order chi connectivity index (χ0) is 10.2. The summed E-state index contributed by atoms with van der Waals surface area (Å²) >= 11 is 3.14. The maximum atomic E-state index is 11.5. The Morgan fingerprint density at radius 2 is 1.50 bits per heavy atom. The molecule has 0 aliphatic heterocycles. The highest BCUT2D eigenvalue weighted by Gasteiger charge is 2.42. The van der Waals surface area contributed by atoms with Gasteiger partial charge in [-0.15, -0.1) is 0 Å². The molecule has 0 radical (unpaired) electrons. The largest absolute Gasteiger partial charge is 0.481 e. The number of aliphatic carboxylic acids is 1. The number of ketones is 1. The Hall–Kier alpha value is -0.380. The molecule has 0 amide bonds. The maximum Gasteiger partial charge on any atom is 0.316 e. The molecule has 0 fully saturated rings. The van der Waals surface area contributed by atoms with Gasteiger partial charge in [0.25, 0.3) is 0 Å². The van der Waals surface area contributed by atoms with E-state index in [2.05, 4.69) is 15.9 Å². The van der Waals surface area contributed by atoms with Gasteiger partial charge in [-0.3, -0.25) is 9.59 Å². The quantitative estimate of drug-likeness (QED) is 0.601. The number of alkyl halides is 1. The first kappa shape index (κ1) is 11.6. The molecule has 0 bridgehead atoms. The lowest BCUT2D eigenvalue weighted by molar-refractivity contribution is -0.153. The van der Waals surface area contributed by atoms with E-state index in [0.29, 0.717) is 0 Å². The number of Topliss-reactive ketones (excluding diaryl/α,β-unsaturated/α-hetero) is 1. The minimum absolute atomic E-state index is 0.331. The molecule has 0 heterocycles. The summed E-state index contributed by atoms with van der Waals surface area (Å²) in [4.78, 5) is 22.2. The van der Waals surface area contributed by atoms with Gasteiger partial charge in [0.15, 0.2) is 5.78 Å². The van der Waals surface area contributed by atoms with E-state index in [1.54, 1.807) is 13.8 Å². The minimum atomic E-state index is -1.33. The standard InChI is InChI=1S/C8H13BrO3/c1-7(2,6(11)12)5(10)8(3,4)9/h1-4H3,(H,11,12). The molecule has 0 unspecified atom stereocenters. The molecule has 1 N–H and O–H groups in total. The lowest BCUT2D eigenvalue weighted by Gasteiger charge is -2.25. The molecule has 0 aromatic rings. The molecule has 0 aliphatic rings. The van der Waals surface area contributed by atoms with E-state index in [4.69, 9.17) is 5.11 Å². The van der Waals surface area contributed by atoms with Crippen molar-refractivity contribution in [3.8, 4) is 0 Å². The van der Waals surface area contributed by atoms with Gasteiger partial charge >= 0.3 is 5.97 Å². The molecule has 0 saturated carbocycles. The maximum absolute atomic E-state index is 11.5. The van der Waals surface area contributed by atoms with Gasteiger partial charge in [-0.1, -0.05) is 15.9 Å². The van der Waals surface area contributed by atoms with Crippen LogP contribution in [0.3, 0.4) is 0 Å². The van der Waals surface area contributed by atoms with Crippen molar-refractivity contribution < 1.29 is 14.7 Å². The first-order valence-corrected chi connectivity index (χ1v) is 4.36. The van der Waals surface area contributed by atoms with Gasteiger partial charge < -0.3 is 5.11 Å². The predicted octanol–water partition coefficient (Wildman–Crippen LogP) is 1.84. The van der Waals surface area contributed by atoms with Crippen LogP contribution in [0.2, 0.25) is 0 Å². The van der Waals surface area contributed by atoms with Crippen LogP contribution in [0.15, 0.2) is 0 Å². The molecule has 12 heavy (non-hydrogen) atoms. The lowest BCUT2D eigenvalue weighted by atomic mass is 9.82. The summed E-state index contributed by atoms with van der Waals surface area (Å²) < 4.78 is -0.783. The topological polar surface area (TPSA) is 54.4 Å². The Morgan fingerprint density at radius 1 is 1.17 bits per heavy atom. The molecule has 0 atom stereocenters. The van der Waals surface area contributed by atoms with E-state index < -0.39 is 15.7 Å².